The molecule has 0 fully saturated rings. The van der Waals surface area contributed by atoms with Crippen LogP contribution in [0.15, 0.2) is 42.5 Å². The van der Waals surface area contributed by atoms with Crippen molar-refractivity contribution >= 4 is 29.2 Å². The number of amides is 2. The number of aryl methyl sites for hydroxylation is 1. The van der Waals surface area contributed by atoms with Gasteiger partial charge in [0.25, 0.3) is 5.91 Å². The van der Waals surface area contributed by atoms with Crippen molar-refractivity contribution in [1.29, 1.82) is 0 Å². The first-order valence-electron chi connectivity index (χ1n) is 8.70. The van der Waals surface area contributed by atoms with E-state index in [9.17, 15) is 9.59 Å². The lowest BCUT2D eigenvalue weighted by molar-refractivity contribution is -0.119. The van der Waals surface area contributed by atoms with Crippen molar-refractivity contribution in [3.63, 3.8) is 0 Å². The van der Waals surface area contributed by atoms with Crippen LogP contribution in [0.2, 0.25) is 0 Å². The molecule has 2 rings (SSSR count). The molecule has 0 spiro atoms. The number of para-hydroxylation sites is 1. The first-order valence-corrected chi connectivity index (χ1v) is 8.70. The van der Waals surface area contributed by atoms with Crippen LogP contribution in [0.1, 0.15) is 33.4 Å². The summed E-state index contributed by atoms with van der Waals surface area (Å²) in [5.74, 6) is -0.0547. The quantitative estimate of drug-likeness (QED) is 0.858. The fourth-order valence-electron chi connectivity index (χ4n) is 2.40. The Hall–Kier alpha value is -3.09. The zero-order valence-electron chi connectivity index (χ0n) is 16.3. The molecule has 1 atom stereocenters. The zero-order valence-corrected chi connectivity index (χ0v) is 16.3. The number of hydrogen-bond donors (Lipinski definition) is 2. The van der Waals surface area contributed by atoms with E-state index in [0.29, 0.717) is 17.2 Å². The number of alkyl carbamates (subject to hydrolysis) is 1. The Labute approximate surface area is 159 Å². The largest absolute Gasteiger partial charge is 0.444 e. The molecule has 144 valence electrons. The molecular weight excluding hydrogens is 344 g/mol. The summed E-state index contributed by atoms with van der Waals surface area (Å²) in [5.41, 5.74) is 7.11. The normalized spacial score (nSPS) is 12.2. The first-order chi connectivity index (χ1) is 12.6. The number of hydrogen-bond acceptors (Lipinski definition) is 5. The smallest absolute Gasteiger partial charge is 0.408 e. The summed E-state index contributed by atoms with van der Waals surface area (Å²) in [7, 11) is 0. The average Bonchev–Trinajstić information content (AvgIpc) is 2.57. The van der Waals surface area contributed by atoms with Crippen molar-refractivity contribution in [1.82, 2.24) is 10.3 Å². The predicted molar refractivity (Wildman–Crippen MR) is 106 cm³/mol. The summed E-state index contributed by atoms with van der Waals surface area (Å²) in [4.78, 5) is 31.0. The van der Waals surface area contributed by atoms with Crippen LogP contribution in [0.5, 0.6) is 0 Å². The van der Waals surface area contributed by atoms with Gasteiger partial charge in [0.1, 0.15) is 11.6 Å². The molecule has 1 aromatic carbocycles. The van der Waals surface area contributed by atoms with Gasteiger partial charge in [0.05, 0.1) is 11.4 Å². The minimum absolute atomic E-state index is 0.323. The monoisotopic (exact) mass is 370 g/mol. The molecule has 0 saturated heterocycles. The highest BCUT2D eigenvalue weighted by Gasteiger charge is 2.28. The van der Waals surface area contributed by atoms with Gasteiger partial charge in [-0.25, -0.2) is 9.78 Å². The van der Waals surface area contributed by atoms with E-state index in [4.69, 9.17) is 10.5 Å². The van der Waals surface area contributed by atoms with Crippen LogP contribution in [0.3, 0.4) is 0 Å². The summed E-state index contributed by atoms with van der Waals surface area (Å²) >= 11 is 0. The number of nitrogens with zero attached hydrogens (tertiary/aromatic N) is 2. The Morgan fingerprint density at radius 3 is 2.37 bits per heavy atom. The summed E-state index contributed by atoms with van der Waals surface area (Å²) in [6.45, 7) is 8.68. The maximum Gasteiger partial charge on any atom is 0.408 e. The fourth-order valence-corrected chi connectivity index (χ4v) is 2.40. The van der Waals surface area contributed by atoms with Crippen molar-refractivity contribution in [2.24, 2.45) is 0 Å². The number of ether oxygens (including phenoxy) is 1. The molecule has 1 unspecified atom stereocenters. The minimum atomic E-state index is -0.846. The van der Waals surface area contributed by atoms with Crippen LogP contribution in [0.4, 0.5) is 22.0 Å². The molecule has 1 aromatic heterocycles. The number of aromatic nitrogens is 1. The Kier molecular flexibility index (Phi) is 6.05. The van der Waals surface area contributed by atoms with Gasteiger partial charge in [-0.1, -0.05) is 18.2 Å². The highest BCUT2D eigenvalue weighted by Crippen LogP contribution is 2.29. The molecule has 0 aliphatic heterocycles. The highest BCUT2D eigenvalue weighted by molar-refractivity contribution is 6.05. The lowest BCUT2D eigenvalue weighted by atomic mass is 10.2. The number of carbonyl (C=O) groups is 2. The number of carbonyl (C=O) groups excluding carboxylic acids is 2. The second-order valence-electron chi connectivity index (χ2n) is 7.24. The highest BCUT2D eigenvalue weighted by atomic mass is 16.6. The van der Waals surface area contributed by atoms with E-state index in [2.05, 4.69) is 10.3 Å². The molecule has 0 aliphatic carbocycles. The third kappa shape index (κ3) is 5.44. The van der Waals surface area contributed by atoms with E-state index >= 15 is 0 Å². The lowest BCUT2D eigenvalue weighted by Gasteiger charge is -2.27. The molecule has 0 bridgehead atoms. The molecule has 0 saturated carbocycles. The third-order valence-electron chi connectivity index (χ3n) is 3.59. The molecule has 2 amide bonds. The maximum atomic E-state index is 13.2. The van der Waals surface area contributed by atoms with Crippen LogP contribution in [-0.4, -0.2) is 28.6 Å². The standard InChI is InChI=1S/C20H26N4O3/c1-13-11-12-16(21)17(22-13)24(15-9-7-6-8-10-15)18(25)14(2)23-19(26)27-20(3,4)5/h6-12,14H,21H2,1-5H3,(H,23,26). The van der Waals surface area contributed by atoms with Crippen LogP contribution < -0.4 is 16.0 Å². The van der Waals surface area contributed by atoms with Crippen LogP contribution in [0.25, 0.3) is 0 Å². The summed E-state index contributed by atoms with van der Waals surface area (Å²) < 4.78 is 5.23. The number of nitrogens with one attached hydrogen (secondary N) is 1. The Morgan fingerprint density at radius 1 is 1.15 bits per heavy atom. The number of rotatable bonds is 4. The SMILES string of the molecule is Cc1ccc(N)c(N(C(=O)C(C)NC(=O)OC(C)(C)C)c2ccccc2)n1. The minimum Gasteiger partial charge on any atom is -0.444 e. The van der Waals surface area contributed by atoms with E-state index in [0.717, 1.165) is 5.69 Å². The van der Waals surface area contributed by atoms with Crippen LogP contribution >= 0.6 is 0 Å². The summed E-state index contributed by atoms with van der Waals surface area (Å²) in [5, 5.41) is 2.57. The lowest BCUT2D eigenvalue weighted by Crippen LogP contribution is -2.47. The van der Waals surface area contributed by atoms with Crippen LogP contribution in [-0.2, 0) is 9.53 Å². The first kappa shape index (κ1) is 20.2. The number of nitrogen functional groups attached to an aromatic ring is 1. The van der Waals surface area contributed by atoms with Gasteiger partial charge in [-0.2, -0.15) is 0 Å². The second kappa shape index (κ2) is 8.07. The Bertz CT molecular complexity index is 816. The number of pyridine rings is 1. The van der Waals surface area contributed by atoms with Gasteiger partial charge in [-0.05, 0) is 58.9 Å². The van der Waals surface area contributed by atoms with Crippen molar-refractivity contribution < 1.29 is 14.3 Å². The molecular formula is C20H26N4O3. The van der Waals surface area contributed by atoms with Gasteiger partial charge in [0.15, 0.2) is 5.82 Å². The van der Waals surface area contributed by atoms with Gasteiger partial charge >= 0.3 is 6.09 Å². The van der Waals surface area contributed by atoms with Gasteiger partial charge in [0, 0.05) is 5.69 Å². The molecule has 2 aromatic rings. The predicted octanol–water partition coefficient (Wildman–Crippen LogP) is 3.55. The van der Waals surface area contributed by atoms with E-state index in [1.165, 1.54) is 4.90 Å². The summed E-state index contributed by atoms with van der Waals surface area (Å²) in [6.07, 6.45) is -0.665. The number of anilines is 3. The van der Waals surface area contributed by atoms with Gasteiger partial charge in [0.2, 0.25) is 0 Å². The molecule has 3 N–H and O–H groups in total. The van der Waals surface area contributed by atoms with E-state index < -0.39 is 17.7 Å². The van der Waals surface area contributed by atoms with E-state index in [-0.39, 0.29) is 5.91 Å². The topological polar surface area (TPSA) is 97.6 Å². The third-order valence-corrected chi connectivity index (χ3v) is 3.59. The second-order valence-corrected chi connectivity index (χ2v) is 7.24. The molecule has 7 nitrogen and oxygen atoms in total. The fraction of sp³-hybridized carbons (Fsp3) is 0.350. The number of benzene rings is 1. The Morgan fingerprint density at radius 2 is 1.78 bits per heavy atom. The van der Waals surface area contributed by atoms with Crippen molar-refractivity contribution in [2.75, 3.05) is 10.6 Å². The van der Waals surface area contributed by atoms with Gasteiger partial charge in [-0.15, -0.1) is 0 Å². The van der Waals surface area contributed by atoms with Gasteiger partial charge < -0.3 is 15.8 Å². The molecule has 0 aliphatic rings. The van der Waals surface area contributed by atoms with Crippen molar-refractivity contribution in [2.45, 2.75) is 46.3 Å². The summed E-state index contributed by atoms with van der Waals surface area (Å²) in [6, 6.07) is 11.7. The van der Waals surface area contributed by atoms with Crippen molar-refractivity contribution in [3.05, 3.63) is 48.2 Å². The Balaban J connectivity index is 2.35. The number of nitrogens with two attached hydrogens (primary N) is 1. The molecule has 0 radical (unpaired) electrons. The van der Waals surface area contributed by atoms with E-state index in [1.54, 1.807) is 52.0 Å². The van der Waals surface area contributed by atoms with E-state index in [1.807, 2.05) is 25.1 Å². The molecule has 1 heterocycles. The molecule has 27 heavy (non-hydrogen) atoms. The van der Waals surface area contributed by atoms with Gasteiger partial charge in [-0.3, -0.25) is 9.69 Å². The van der Waals surface area contributed by atoms with Crippen molar-refractivity contribution in [3.8, 4) is 0 Å². The zero-order chi connectivity index (χ0) is 20.2. The molecule has 7 heteroatoms. The maximum absolute atomic E-state index is 13.2. The van der Waals surface area contributed by atoms with Crippen LogP contribution in [0, 0.1) is 6.92 Å². The average molecular weight is 370 g/mol.